The first-order chi connectivity index (χ1) is 7.28. The monoisotopic (exact) mass is 244 g/mol. The highest BCUT2D eigenvalue weighted by Crippen LogP contribution is 2.25. The van der Waals surface area contributed by atoms with Gasteiger partial charge >= 0.3 is 0 Å². The molecule has 0 heterocycles. The summed E-state index contributed by atoms with van der Waals surface area (Å²) in [6.45, 7) is 0. The highest BCUT2D eigenvalue weighted by atomic mass is 32.2. The molecule has 1 amide bonds. The van der Waals surface area contributed by atoms with Gasteiger partial charge in [0, 0.05) is 0 Å². The molecular weight excluding hydrogens is 232 g/mol. The first-order valence-electron chi connectivity index (χ1n) is 4.36. The summed E-state index contributed by atoms with van der Waals surface area (Å²) in [6, 6.07) is 4.15. The molecular formula is C9H12N2O4S. The molecule has 6 nitrogen and oxygen atoms in total. The minimum atomic E-state index is -3.47. The van der Waals surface area contributed by atoms with Crippen LogP contribution in [0.1, 0.15) is 5.56 Å². The van der Waals surface area contributed by atoms with Crippen LogP contribution in [0.4, 0.5) is 5.69 Å². The predicted octanol–water partition coefficient (Wildman–Crippen LogP) is -0.209. The Morgan fingerprint density at radius 1 is 1.50 bits per heavy atom. The molecule has 88 valence electrons. The van der Waals surface area contributed by atoms with Gasteiger partial charge in [0.1, 0.15) is 5.75 Å². The average Bonchev–Trinajstić information content (AvgIpc) is 2.07. The van der Waals surface area contributed by atoms with Gasteiger partial charge in [0.05, 0.1) is 18.4 Å². The number of carbonyl (C=O) groups excluding carboxylic acids is 1. The number of anilines is 1. The summed E-state index contributed by atoms with van der Waals surface area (Å²) in [5, 5.41) is 9.39. The van der Waals surface area contributed by atoms with Crippen molar-refractivity contribution in [1.82, 2.24) is 0 Å². The molecule has 0 bridgehead atoms. The van der Waals surface area contributed by atoms with E-state index >= 15 is 0 Å². The zero-order chi connectivity index (χ0) is 12.3. The molecule has 0 aromatic heterocycles. The van der Waals surface area contributed by atoms with Crippen molar-refractivity contribution in [3.05, 3.63) is 23.8 Å². The standard InChI is InChI=1S/C9H12N2O4S/c1-16(14,15)11-7-4-6(5-9(10)13)2-3-8(7)12/h2-4,11-12H,5H2,1H3,(H2,10,13). The Balaban J connectivity index is 3.04. The molecule has 0 atom stereocenters. The van der Waals surface area contributed by atoms with E-state index in [0.717, 1.165) is 6.26 Å². The van der Waals surface area contributed by atoms with Crippen LogP contribution in [0, 0.1) is 0 Å². The molecule has 0 unspecified atom stereocenters. The third-order valence-corrected chi connectivity index (χ3v) is 2.33. The van der Waals surface area contributed by atoms with Gasteiger partial charge in [0.2, 0.25) is 15.9 Å². The number of hydrogen-bond donors (Lipinski definition) is 3. The molecule has 0 fully saturated rings. The van der Waals surface area contributed by atoms with E-state index in [1.165, 1.54) is 18.2 Å². The van der Waals surface area contributed by atoms with E-state index in [4.69, 9.17) is 5.73 Å². The summed E-state index contributed by atoms with van der Waals surface area (Å²) < 4.78 is 24.1. The van der Waals surface area contributed by atoms with Gasteiger partial charge in [0.15, 0.2) is 0 Å². The quantitative estimate of drug-likeness (QED) is 0.636. The normalized spacial score (nSPS) is 11.1. The van der Waals surface area contributed by atoms with Crippen LogP contribution in [-0.2, 0) is 21.2 Å². The highest BCUT2D eigenvalue weighted by Gasteiger charge is 2.08. The zero-order valence-electron chi connectivity index (χ0n) is 8.60. The number of benzene rings is 1. The second-order valence-electron chi connectivity index (χ2n) is 3.37. The molecule has 1 aromatic carbocycles. The molecule has 4 N–H and O–H groups in total. The molecule has 0 aliphatic carbocycles. The second-order valence-corrected chi connectivity index (χ2v) is 5.12. The Bertz CT molecular complexity index is 510. The Morgan fingerprint density at radius 3 is 2.62 bits per heavy atom. The molecule has 0 aliphatic heterocycles. The third-order valence-electron chi connectivity index (χ3n) is 1.73. The van der Waals surface area contributed by atoms with E-state index in [9.17, 15) is 18.3 Å². The van der Waals surface area contributed by atoms with Gasteiger partial charge in [-0.2, -0.15) is 0 Å². The van der Waals surface area contributed by atoms with Crippen LogP contribution >= 0.6 is 0 Å². The number of phenols is 1. The number of sulfonamides is 1. The van der Waals surface area contributed by atoms with Crippen LogP contribution in [0.5, 0.6) is 5.75 Å². The van der Waals surface area contributed by atoms with Crippen molar-refractivity contribution in [2.24, 2.45) is 5.73 Å². The first kappa shape index (κ1) is 12.3. The lowest BCUT2D eigenvalue weighted by atomic mass is 10.1. The topological polar surface area (TPSA) is 109 Å². The van der Waals surface area contributed by atoms with Crippen molar-refractivity contribution in [3.63, 3.8) is 0 Å². The lowest BCUT2D eigenvalue weighted by Gasteiger charge is -2.08. The predicted molar refractivity (Wildman–Crippen MR) is 59.5 cm³/mol. The maximum Gasteiger partial charge on any atom is 0.229 e. The molecule has 1 aromatic rings. The largest absolute Gasteiger partial charge is 0.506 e. The Labute approximate surface area is 93.1 Å². The van der Waals surface area contributed by atoms with E-state index in [-0.39, 0.29) is 17.9 Å². The fraction of sp³-hybridized carbons (Fsp3) is 0.222. The van der Waals surface area contributed by atoms with Gasteiger partial charge in [0.25, 0.3) is 0 Å². The summed E-state index contributed by atoms with van der Waals surface area (Å²) >= 11 is 0. The summed E-state index contributed by atoms with van der Waals surface area (Å²) in [7, 11) is -3.47. The maximum absolute atomic E-state index is 11.0. The molecule has 7 heteroatoms. The SMILES string of the molecule is CS(=O)(=O)Nc1cc(CC(N)=O)ccc1O. The fourth-order valence-electron chi connectivity index (χ4n) is 1.18. The van der Waals surface area contributed by atoms with Crippen LogP contribution in [0.25, 0.3) is 0 Å². The smallest absolute Gasteiger partial charge is 0.229 e. The van der Waals surface area contributed by atoms with Crippen molar-refractivity contribution in [3.8, 4) is 5.75 Å². The van der Waals surface area contributed by atoms with Crippen molar-refractivity contribution < 1.29 is 18.3 Å². The van der Waals surface area contributed by atoms with Crippen molar-refractivity contribution in [1.29, 1.82) is 0 Å². The lowest BCUT2D eigenvalue weighted by molar-refractivity contribution is -0.117. The van der Waals surface area contributed by atoms with Crippen LogP contribution in [0.2, 0.25) is 0 Å². The Hall–Kier alpha value is -1.76. The number of amides is 1. The third kappa shape index (κ3) is 3.77. The number of nitrogens with two attached hydrogens (primary N) is 1. The first-order valence-corrected chi connectivity index (χ1v) is 6.25. The molecule has 0 radical (unpaired) electrons. The Morgan fingerprint density at radius 2 is 2.12 bits per heavy atom. The van der Waals surface area contributed by atoms with E-state index in [1.54, 1.807) is 0 Å². The lowest BCUT2D eigenvalue weighted by Crippen LogP contribution is -2.14. The number of primary amides is 1. The summed E-state index contributed by atoms with van der Waals surface area (Å²) in [6.07, 6.45) is 0.950. The van der Waals surface area contributed by atoms with E-state index < -0.39 is 15.9 Å². The van der Waals surface area contributed by atoms with E-state index in [1.807, 2.05) is 0 Å². The zero-order valence-corrected chi connectivity index (χ0v) is 9.41. The van der Waals surface area contributed by atoms with Gasteiger partial charge in [-0.3, -0.25) is 9.52 Å². The van der Waals surface area contributed by atoms with Gasteiger partial charge in [-0.25, -0.2) is 8.42 Å². The Kier molecular flexibility index (Phi) is 3.38. The van der Waals surface area contributed by atoms with E-state index in [0.29, 0.717) is 5.56 Å². The van der Waals surface area contributed by atoms with Crippen LogP contribution < -0.4 is 10.5 Å². The minimum absolute atomic E-state index is 0.0152. The van der Waals surface area contributed by atoms with Gasteiger partial charge in [-0.15, -0.1) is 0 Å². The maximum atomic E-state index is 11.0. The summed E-state index contributed by atoms with van der Waals surface area (Å²) in [4.78, 5) is 10.7. The molecule has 0 saturated heterocycles. The molecule has 0 saturated carbocycles. The molecule has 1 rings (SSSR count). The average molecular weight is 244 g/mol. The van der Waals surface area contributed by atoms with Crippen LogP contribution in [0.15, 0.2) is 18.2 Å². The highest BCUT2D eigenvalue weighted by molar-refractivity contribution is 7.92. The van der Waals surface area contributed by atoms with Crippen LogP contribution in [-0.4, -0.2) is 25.7 Å². The van der Waals surface area contributed by atoms with Crippen molar-refractivity contribution in [2.45, 2.75) is 6.42 Å². The van der Waals surface area contributed by atoms with Crippen molar-refractivity contribution in [2.75, 3.05) is 11.0 Å². The molecule has 0 spiro atoms. The number of phenolic OH excluding ortho intramolecular Hbond substituents is 1. The summed E-state index contributed by atoms with van der Waals surface area (Å²) in [5.41, 5.74) is 5.55. The number of rotatable bonds is 4. The van der Waals surface area contributed by atoms with Gasteiger partial charge in [-0.05, 0) is 17.7 Å². The van der Waals surface area contributed by atoms with Gasteiger partial charge < -0.3 is 10.8 Å². The minimum Gasteiger partial charge on any atom is -0.506 e. The van der Waals surface area contributed by atoms with Crippen LogP contribution in [0.3, 0.4) is 0 Å². The molecule has 16 heavy (non-hydrogen) atoms. The summed E-state index contributed by atoms with van der Waals surface area (Å²) in [5.74, 6) is -0.741. The molecule has 0 aliphatic rings. The van der Waals surface area contributed by atoms with E-state index in [2.05, 4.69) is 4.72 Å². The van der Waals surface area contributed by atoms with Gasteiger partial charge in [-0.1, -0.05) is 6.07 Å². The number of nitrogens with one attached hydrogen (secondary N) is 1. The fourth-order valence-corrected chi connectivity index (χ4v) is 1.74. The number of aromatic hydroxyl groups is 1. The second kappa shape index (κ2) is 4.40. The number of carbonyl (C=O) groups is 1. The van der Waals surface area contributed by atoms with Crippen molar-refractivity contribution >= 4 is 21.6 Å². The number of hydrogen-bond acceptors (Lipinski definition) is 4.